The maximum absolute atomic E-state index is 5.91. The number of nitrogens with zero attached hydrogens (tertiary/aromatic N) is 2. The molecule has 1 fully saturated rings. The lowest BCUT2D eigenvalue weighted by Gasteiger charge is -2.33. The molecule has 0 saturated carbocycles. The Morgan fingerprint density at radius 3 is 2.58 bits per heavy atom. The van der Waals surface area contributed by atoms with Crippen LogP contribution in [-0.4, -0.2) is 75.6 Å². The van der Waals surface area contributed by atoms with Gasteiger partial charge in [-0.2, -0.15) is 0 Å². The predicted molar refractivity (Wildman–Crippen MR) is 78.2 cm³/mol. The third kappa shape index (κ3) is 5.00. The van der Waals surface area contributed by atoms with E-state index in [0.717, 1.165) is 19.5 Å². The van der Waals surface area contributed by atoms with E-state index in [1.165, 1.54) is 19.4 Å². The highest BCUT2D eigenvalue weighted by Crippen LogP contribution is 2.19. The topological polar surface area (TPSA) is 51.0 Å². The van der Waals surface area contributed by atoms with E-state index in [0.29, 0.717) is 18.6 Å². The second kappa shape index (κ2) is 8.87. The van der Waals surface area contributed by atoms with Crippen LogP contribution in [-0.2, 0) is 9.47 Å². The zero-order valence-corrected chi connectivity index (χ0v) is 13.0. The summed E-state index contributed by atoms with van der Waals surface area (Å²) in [6, 6.07) is 0.983. The van der Waals surface area contributed by atoms with E-state index < -0.39 is 0 Å². The Hall–Kier alpha value is -0.200. The van der Waals surface area contributed by atoms with Crippen molar-refractivity contribution < 1.29 is 9.47 Å². The fourth-order valence-corrected chi connectivity index (χ4v) is 2.97. The first kappa shape index (κ1) is 16.9. The Morgan fingerprint density at radius 1 is 1.37 bits per heavy atom. The van der Waals surface area contributed by atoms with Crippen LogP contribution in [0.15, 0.2) is 0 Å². The molecule has 1 aliphatic heterocycles. The van der Waals surface area contributed by atoms with Crippen molar-refractivity contribution in [1.82, 2.24) is 9.80 Å². The SMILES string of the molecule is CCN1CCCC1CN(C)C(CN)CC(OC)OC. The standard InChI is InChI=1S/C14H31N3O2/c1-5-17-8-6-7-12(17)11-16(2)13(10-15)9-14(18-3)19-4/h12-14H,5-11,15H2,1-4H3. The minimum Gasteiger partial charge on any atom is -0.356 e. The van der Waals surface area contributed by atoms with Crippen LogP contribution in [0.5, 0.6) is 0 Å². The van der Waals surface area contributed by atoms with Gasteiger partial charge in [-0.3, -0.25) is 4.90 Å². The van der Waals surface area contributed by atoms with Gasteiger partial charge < -0.3 is 20.1 Å². The van der Waals surface area contributed by atoms with Crippen LogP contribution in [0.2, 0.25) is 0 Å². The van der Waals surface area contributed by atoms with E-state index in [1.54, 1.807) is 14.2 Å². The Kier molecular flexibility index (Phi) is 7.87. The van der Waals surface area contributed by atoms with Gasteiger partial charge >= 0.3 is 0 Å². The first-order valence-electron chi connectivity index (χ1n) is 7.36. The lowest BCUT2D eigenvalue weighted by atomic mass is 10.1. The maximum Gasteiger partial charge on any atom is 0.158 e. The molecule has 1 heterocycles. The molecule has 2 unspecified atom stereocenters. The number of hydrogen-bond acceptors (Lipinski definition) is 5. The highest BCUT2D eigenvalue weighted by Gasteiger charge is 2.27. The van der Waals surface area contributed by atoms with Crippen LogP contribution in [0.25, 0.3) is 0 Å². The molecule has 2 atom stereocenters. The summed E-state index contributed by atoms with van der Waals surface area (Å²) in [6.45, 7) is 6.34. The van der Waals surface area contributed by atoms with Gasteiger partial charge in [0.25, 0.3) is 0 Å². The summed E-state index contributed by atoms with van der Waals surface area (Å²) in [5, 5.41) is 0. The number of methoxy groups -OCH3 is 2. The van der Waals surface area contributed by atoms with Crippen LogP contribution in [0, 0.1) is 0 Å². The molecule has 0 aromatic rings. The molecule has 0 radical (unpaired) electrons. The highest BCUT2D eigenvalue weighted by molar-refractivity contribution is 4.83. The molecule has 2 N–H and O–H groups in total. The normalized spacial score (nSPS) is 22.6. The molecular formula is C14H31N3O2. The van der Waals surface area contributed by atoms with Crippen molar-refractivity contribution in [2.24, 2.45) is 5.73 Å². The number of likely N-dealkylation sites (tertiary alicyclic amines) is 1. The minimum atomic E-state index is -0.165. The van der Waals surface area contributed by atoms with Crippen LogP contribution in [0.1, 0.15) is 26.2 Å². The summed E-state index contributed by atoms with van der Waals surface area (Å²) in [6.07, 6.45) is 3.27. The second-order valence-electron chi connectivity index (χ2n) is 5.39. The van der Waals surface area contributed by atoms with Gasteiger partial charge in [0.2, 0.25) is 0 Å². The van der Waals surface area contributed by atoms with Crippen LogP contribution in [0.3, 0.4) is 0 Å². The van der Waals surface area contributed by atoms with Gasteiger partial charge in [-0.15, -0.1) is 0 Å². The second-order valence-corrected chi connectivity index (χ2v) is 5.39. The molecule has 114 valence electrons. The lowest BCUT2D eigenvalue weighted by Crippen LogP contribution is -2.47. The highest BCUT2D eigenvalue weighted by atomic mass is 16.7. The van der Waals surface area contributed by atoms with E-state index in [1.807, 2.05) is 0 Å². The molecule has 1 saturated heterocycles. The Bertz CT molecular complexity index is 237. The lowest BCUT2D eigenvalue weighted by molar-refractivity contribution is -0.116. The Labute approximate surface area is 118 Å². The van der Waals surface area contributed by atoms with Gasteiger partial charge in [0.15, 0.2) is 6.29 Å². The summed E-state index contributed by atoms with van der Waals surface area (Å²) in [5.41, 5.74) is 5.91. The third-order valence-corrected chi connectivity index (χ3v) is 4.29. The molecule has 0 amide bonds. The molecule has 1 aliphatic rings. The van der Waals surface area contributed by atoms with E-state index >= 15 is 0 Å². The van der Waals surface area contributed by atoms with Crippen molar-refractivity contribution in [2.45, 2.75) is 44.6 Å². The molecule has 0 bridgehead atoms. The number of rotatable bonds is 9. The quantitative estimate of drug-likeness (QED) is 0.628. The smallest absolute Gasteiger partial charge is 0.158 e. The van der Waals surface area contributed by atoms with Crippen LogP contribution < -0.4 is 5.73 Å². The molecule has 5 nitrogen and oxygen atoms in total. The van der Waals surface area contributed by atoms with Gasteiger partial charge in [0.1, 0.15) is 0 Å². The van der Waals surface area contributed by atoms with Crippen molar-refractivity contribution >= 4 is 0 Å². The van der Waals surface area contributed by atoms with Crippen molar-refractivity contribution in [1.29, 1.82) is 0 Å². The average molecular weight is 273 g/mol. The number of likely N-dealkylation sites (N-methyl/N-ethyl adjacent to an activating group) is 2. The summed E-state index contributed by atoms with van der Waals surface area (Å²) in [7, 11) is 5.52. The number of ether oxygens (including phenoxy) is 2. The Balaban J connectivity index is 2.46. The van der Waals surface area contributed by atoms with Gasteiger partial charge in [-0.05, 0) is 33.0 Å². The van der Waals surface area contributed by atoms with E-state index in [2.05, 4.69) is 23.8 Å². The minimum absolute atomic E-state index is 0.165. The van der Waals surface area contributed by atoms with Gasteiger partial charge in [0.05, 0.1) is 0 Å². The number of nitrogens with two attached hydrogens (primary N) is 1. The third-order valence-electron chi connectivity index (χ3n) is 4.29. The molecule has 5 heteroatoms. The fourth-order valence-electron chi connectivity index (χ4n) is 2.97. The Morgan fingerprint density at radius 2 is 2.05 bits per heavy atom. The molecule has 0 aromatic heterocycles. The van der Waals surface area contributed by atoms with Crippen LogP contribution in [0.4, 0.5) is 0 Å². The van der Waals surface area contributed by atoms with Gasteiger partial charge in [0, 0.05) is 45.8 Å². The molecule has 1 rings (SSSR count). The maximum atomic E-state index is 5.91. The van der Waals surface area contributed by atoms with Crippen LogP contribution >= 0.6 is 0 Å². The molecule has 0 aliphatic carbocycles. The molecule has 0 aromatic carbocycles. The summed E-state index contributed by atoms with van der Waals surface area (Å²) >= 11 is 0. The first-order chi connectivity index (χ1) is 9.15. The summed E-state index contributed by atoms with van der Waals surface area (Å²) in [5.74, 6) is 0. The van der Waals surface area contributed by atoms with Crippen molar-refractivity contribution in [3.05, 3.63) is 0 Å². The summed E-state index contributed by atoms with van der Waals surface area (Å²) < 4.78 is 10.6. The number of hydrogen-bond donors (Lipinski definition) is 1. The van der Waals surface area contributed by atoms with E-state index in [4.69, 9.17) is 15.2 Å². The van der Waals surface area contributed by atoms with Crippen molar-refractivity contribution in [3.63, 3.8) is 0 Å². The van der Waals surface area contributed by atoms with Gasteiger partial charge in [-0.1, -0.05) is 6.92 Å². The molecule has 19 heavy (non-hydrogen) atoms. The van der Waals surface area contributed by atoms with Gasteiger partial charge in [-0.25, -0.2) is 0 Å². The zero-order chi connectivity index (χ0) is 14.3. The monoisotopic (exact) mass is 273 g/mol. The van der Waals surface area contributed by atoms with E-state index in [-0.39, 0.29) is 6.29 Å². The van der Waals surface area contributed by atoms with Crippen molar-refractivity contribution in [3.8, 4) is 0 Å². The zero-order valence-electron chi connectivity index (χ0n) is 13.0. The fraction of sp³-hybridized carbons (Fsp3) is 1.00. The summed E-state index contributed by atoms with van der Waals surface area (Å²) in [4.78, 5) is 4.93. The largest absolute Gasteiger partial charge is 0.356 e. The molecule has 0 spiro atoms. The molecular weight excluding hydrogens is 242 g/mol. The van der Waals surface area contributed by atoms with Crippen molar-refractivity contribution in [2.75, 3.05) is 47.4 Å². The predicted octanol–water partition coefficient (Wildman–Crippen LogP) is 0.739. The first-order valence-corrected chi connectivity index (χ1v) is 7.36. The average Bonchev–Trinajstić information content (AvgIpc) is 2.87. The van der Waals surface area contributed by atoms with E-state index in [9.17, 15) is 0 Å².